The van der Waals surface area contributed by atoms with E-state index < -0.39 is 0 Å². The molecule has 1 aromatic heterocycles. The molecular weight excluding hydrogens is 349 g/mol. The number of hydrogen-bond donors (Lipinski definition) is 2. The molecule has 8 heteroatoms. The van der Waals surface area contributed by atoms with Crippen molar-refractivity contribution in [2.45, 2.75) is 25.4 Å². The molecule has 1 atom stereocenters. The maximum atomic E-state index is 6.09. The van der Waals surface area contributed by atoms with Gasteiger partial charge in [-0.1, -0.05) is 23.2 Å². The second-order valence-corrected chi connectivity index (χ2v) is 6.73. The van der Waals surface area contributed by atoms with Gasteiger partial charge in [0.2, 0.25) is 0 Å². The van der Waals surface area contributed by atoms with Crippen molar-refractivity contribution in [3.63, 3.8) is 0 Å². The molecular formula is C16H27Cl2N5O. The number of hydrogen-bond acceptors (Lipinski definition) is 3. The van der Waals surface area contributed by atoms with E-state index in [4.69, 9.17) is 27.9 Å². The number of aromatic nitrogens is 1. The second-order valence-electron chi connectivity index (χ2n) is 5.96. The molecule has 0 amide bonds. The van der Waals surface area contributed by atoms with Crippen LogP contribution in [0.25, 0.3) is 0 Å². The van der Waals surface area contributed by atoms with Crippen LogP contribution in [-0.4, -0.2) is 61.9 Å². The summed E-state index contributed by atoms with van der Waals surface area (Å²) >= 11 is 12.1. The van der Waals surface area contributed by atoms with Crippen molar-refractivity contribution in [2.24, 2.45) is 12.0 Å². The third-order valence-electron chi connectivity index (χ3n) is 4.46. The predicted octanol–water partition coefficient (Wildman–Crippen LogP) is 2.11. The second kappa shape index (κ2) is 9.51. The van der Waals surface area contributed by atoms with Crippen LogP contribution in [0.2, 0.25) is 10.2 Å². The summed E-state index contributed by atoms with van der Waals surface area (Å²) in [6, 6.07) is 2.39. The van der Waals surface area contributed by atoms with Crippen LogP contribution in [0.5, 0.6) is 0 Å². The summed E-state index contributed by atoms with van der Waals surface area (Å²) in [5.74, 6) is 0.780. The minimum atomic E-state index is 0.526. The van der Waals surface area contributed by atoms with Gasteiger partial charge < -0.3 is 19.9 Å². The van der Waals surface area contributed by atoms with Crippen molar-refractivity contribution in [1.82, 2.24) is 20.1 Å². The zero-order valence-electron chi connectivity index (χ0n) is 14.6. The zero-order valence-corrected chi connectivity index (χ0v) is 16.1. The normalized spacial score (nSPS) is 19.0. The first-order valence-electron chi connectivity index (χ1n) is 8.24. The van der Waals surface area contributed by atoms with Crippen molar-refractivity contribution in [1.29, 1.82) is 0 Å². The number of methoxy groups -OCH3 is 1. The van der Waals surface area contributed by atoms with E-state index in [0.29, 0.717) is 22.8 Å². The standard InChI is InChI=1S/C16H27Cl2N5O/c1-19-16(21-11-13-9-14(17)15(18)22(13)2)20-10-12-5-4-6-23(12)7-8-24-3/h9,12H,4-8,10-11H2,1-3H3,(H2,19,20,21). The van der Waals surface area contributed by atoms with E-state index in [0.717, 1.165) is 37.9 Å². The number of nitrogens with zero attached hydrogens (tertiary/aromatic N) is 3. The average molecular weight is 376 g/mol. The molecule has 1 fully saturated rings. The van der Waals surface area contributed by atoms with E-state index in [1.807, 2.05) is 17.7 Å². The highest BCUT2D eigenvalue weighted by Gasteiger charge is 2.24. The first-order chi connectivity index (χ1) is 11.6. The maximum Gasteiger partial charge on any atom is 0.191 e. The molecule has 0 bridgehead atoms. The molecule has 24 heavy (non-hydrogen) atoms. The number of guanidine groups is 1. The Morgan fingerprint density at radius 1 is 1.42 bits per heavy atom. The minimum absolute atomic E-state index is 0.526. The molecule has 1 aliphatic heterocycles. The molecule has 6 nitrogen and oxygen atoms in total. The Kier molecular flexibility index (Phi) is 7.68. The van der Waals surface area contributed by atoms with Crippen molar-refractivity contribution < 1.29 is 4.74 Å². The summed E-state index contributed by atoms with van der Waals surface area (Å²) < 4.78 is 7.06. The topological polar surface area (TPSA) is 53.8 Å². The third-order valence-corrected chi connectivity index (χ3v) is 5.31. The molecule has 0 saturated carbocycles. The fraction of sp³-hybridized carbons (Fsp3) is 0.688. The van der Waals surface area contributed by atoms with Crippen LogP contribution < -0.4 is 10.6 Å². The number of likely N-dealkylation sites (tertiary alicyclic amines) is 1. The fourth-order valence-electron chi connectivity index (χ4n) is 3.00. The first kappa shape index (κ1) is 19.4. The summed E-state index contributed by atoms with van der Waals surface area (Å²) in [7, 11) is 5.42. The molecule has 0 aliphatic carbocycles. The predicted molar refractivity (Wildman–Crippen MR) is 100 cm³/mol. The van der Waals surface area contributed by atoms with Crippen LogP contribution in [0.4, 0.5) is 0 Å². The highest BCUT2D eigenvalue weighted by Crippen LogP contribution is 2.24. The van der Waals surface area contributed by atoms with Crippen LogP contribution in [0.15, 0.2) is 11.1 Å². The average Bonchev–Trinajstić information content (AvgIpc) is 3.13. The Morgan fingerprint density at radius 2 is 2.21 bits per heavy atom. The molecule has 1 aliphatic rings. The molecule has 0 radical (unpaired) electrons. The first-order valence-corrected chi connectivity index (χ1v) is 8.99. The fourth-order valence-corrected chi connectivity index (χ4v) is 3.41. The minimum Gasteiger partial charge on any atom is -0.383 e. The van der Waals surface area contributed by atoms with Gasteiger partial charge >= 0.3 is 0 Å². The molecule has 1 unspecified atom stereocenters. The number of nitrogens with one attached hydrogen (secondary N) is 2. The van der Waals surface area contributed by atoms with Crippen LogP contribution in [0.3, 0.4) is 0 Å². The highest BCUT2D eigenvalue weighted by molar-refractivity contribution is 6.41. The lowest BCUT2D eigenvalue weighted by atomic mass is 10.2. The number of ether oxygens (including phenoxy) is 1. The van der Waals surface area contributed by atoms with E-state index in [9.17, 15) is 0 Å². The zero-order chi connectivity index (χ0) is 17.5. The van der Waals surface area contributed by atoms with E-state index in [1.54, 1.807) is 14.2 Å². The van der Waals surface area contributed by atoms with Crippen LogP contribution in [0, 0.1) is 0 Å². The van der Waals surface area contributed by atoms with Gasteiger partial charge in [-0.2, -0.15) is 0 Å². The smallest absolute Gasteiger partial charge is 0.191 e. The number of halogens is 2. The van der Waals surface area contributed by atoms with Gasteiger partial charge in [-0.25, -0.2) is 0 Å². The quantitative estimate of drug-likeness (QED) is 0.565. The Bertz CT molecular complexity index is 561. The Labute approximate surface area is 154 Å². The largest absolute Gasteiger partial charge is 0.383 e. The maximum absolute atomic E-state index is 6.09. The SMILES string of the molecule is CN=C(NCc1cc(Cl)c(Cl)n1C)NCC1CCCN1CCOC. The molecule has 2 heterocycles. The third kappa shape index (κ3) is 5.02. The summed E-state index contributed by atoms with van der Waals surface area (Å²) in [5.41, 5.74) is 1.01. The van der Waals surface area contributed by atoms with Crippen LogP contribution in [-0.2, 0) is 18.3 Å². The van der Waals surface area contributed by atoms with Gasteiger partial charge in [0.05, 0.1) is 18.2 Å². The van der Waals surface area contributed by atoms with Crippen LogP contribution >= 0.6 is 23.2 Å². The molecule has 1 saturated heterocycles. The summed E-state index contributed by atoms with van der Waals surface area (Å²) in [4.78, 5) is 6.76. The monoisotopic (exact) mass is 375 g/mol. The molecule has 1 aromatic rings. The van der Waals surface area contributed by atoms with E-state index in [2.05, 4.69) is 20.5 Å². The highest BCUT2D eigenvalue weighted by atomic mass is 35.5. The van der Waals surface area contributed by atoms with Gasteiger partial charge in [-0.15, -0.1) is 0 Å². The molecule has 2 N–H and O–H groups in total. The molecule has 136 valence electrons. The van der Waals surface area contributed by atoms with E-state index in [1.165, 1.54) is 12.8 Å². The Balaban J connectivity index is 1.81. The number of rotatable bonds is 7. The lowest BCUT2D eigenvalue weighted by Crippen LogP contribution is -2.45. The van der Waals surface area contributed by atoms with Crippen molar-refractivity contribution in [3.05, 3.63) is 21.9 Å². The summed E-state index contributed by atoms with van der Waals surface area (Å²) in [5, 5.41) is 7.84. The van der Waals surface area contributed by atoms with Crippen molar-refractivity contribution in [3.8, 4) is 0 Å². The Hall–Kier alpha value is -0.950. The molecule has 0 spiro atoms. The van der Waals surface area contributed by atoms with Crippen molar-refractivity contribution >= 4 is 29.2 Å². The molecule has 0 aromatic carbocycles. The lowest BCUT2D eigenvalue weighted by Gasteiger charge is -2.25. The van der Waals surface area contributed by atoms with E-state index >= 15 is 0 Å². The number of aliphatic imine (C=N–C) groups is 1. The van der Waals surface area contributed by atoms with Crippen molar-refractivity contribution in [2.75, 3.05) is 40.4 Å². The Morgan fingerprint density at radius 3 is 2.83 bits per heavy atom. The van der Waals surface area contributed by atoms with Gasteiger partial charge in [0.15, 0.2) is 5.96 Å². The van der Waals surface area contributed by atoms with Gasteiger partial charge in [-0.05, 0) is 25.5 Å². The summed E-state index contributed by atoms with van der Waals surface area (Å²) in [6.45, 7) is 4.38. The summed E-state index contributed by atoms with van der Waals surface area (Å²) in [6.07, 6.45) is 2.44. The molecule has 2 rings (SSSR count). The van der Waals surface area contributed by atoms with Gasteiger partial charge in [0, 0.05) is 46.0 Å². The van der Waals surface area contributed by atoms with Gasteiger partial charge in [0.1, 0.15) is 5.15 Å². The van der Waals surface area contributed by atoms with Crippen LogP contribution in [0.1, 0.15) is 18.5 Å². The van der Waals surface area contributed by atoms with E-state index in [-0.39, 0.29) is 0 Å². The lowest BCUT2D eigenvalue weighted by molar-refractivity contribution is 0.141. The van der Waals surface area contributed by atoms with Gasteiger partial charge in [0.25, 0.3) is 0 Å². The van der Waals surface area contributed by atoms with Gasteiger partial charge in [-0.3, -0.25) is 9.89 Å².